The highest BCUT2D eigenvalue weighted by atomic mass is 35.5. The first-order valence-electron chi connectivity index (χ1n) is 8.05. The van der Waals surface area contributed by atoms with Crippen LogP contribution in [0.3, 0.4) is 0 Å². The zero-order chi connectivity index (χ0) is 15.6. The number of fused-ring (bicyclic) bond motifs is 1. The number of likely N-dealkylation sites (N-methyl/N-ethyl adjacent to an activating group) is 1. The molecule has 1 atom stereocenters. The zero-order valence-electron chi connectivity index (χ0n) is 14.2. The van der Waals surface area contributed by atoms with Crippen molar-refractivity contribution < 1.29 is 8.85 Å². The molecule has 1 heterocycles. The van der Waals surface area contributed by atoms with Crippen LogP contribution >= 0.6 is 12.4 Å². The monoisotopic (exact) mass is 292 g/mol. The molecule has 1 unspecified atom stereocenters. The number of benzene rings is 2. The maximum absolute atomic E-state index is 7.65. The minimum Gasteiger partial charge on any atom is -0.367 e. The van der Waals surface area contributed by atoms with E-state index in [1.807, 2.05) is 54.6 Å². The Hall–Kier alpha value is -1.35. The van der Waals surface area contributed by atoms with Crippen LogP contribution in [0.4, 0.5) is 0 Å². The number of hydrogen-bond acceptors (Lipinski definition) is 2. The van der Waals surface area contributed by atoms with Gasteiger partial charge in [0.05, 0.1) is 6.61 Å². The third-order valence-electron chi connectivity index (χ3n) is 3.45. The summed E-state index contributed by atoms with van der Waals surface area (Å²) in [6.07, 6.45) is -0.142. The normalized spacial score (nSPS) is 22.2. The fourth-order valence-corrected chi connectivity index (χ4v) is 2.49. The van der Waals surface area contributed by atoms with Gasteiger partial charge in [-0.3, -0.25) is 4.90 Å². The highest BCUT2D eigenvalue weighted by molar-refractivity contribution is 5.85. The van der Waals surface area contributed by atoms with Gasteiger partial charge >= 0.3 is 0 Å². The lowest BCUT2D eigenvalue weighted by atomic mass is 9.96. The highest BCUT2D eigenvalue weighted by Crippen LogP contribution is 2.30. The van der Waals surface area contributed by atoms with E-state index in [0.29, 0.717) is 19.7 Å². The molecule has 0 radical (unpaired) electrons. The molecule has 1 aliphatic heterocycles. The molecule has 3 heteroatoms. The van der Waals surface area contributed by atoms with Crippen LogP contribution in [0.5, 0.6) is 0 Å². The predicted octanol–water partition coefficient (Wildman–Crippen LogP) is 3.66. The summed E-state index contributed by atoms with van der Waals surface area (Å²) in [5.41, 5.74) is 3.15. The molecule has 2 nitrogen and oxygen atoms in total. The Balaban J connectivity index is 0.00000192. The topological polar surface area (TPSA) is 12.5 Å². The van der Waals surface area contributed by atoms with Crippen molar-refractivity contribution in [2.45, 2.75) is 12.6 Å². The first kappa shape index (κ1) is 11.3. The van der Waals surface area contributed by atoms with Crippen LogP contribution in [0, 0.1) is 0 Å². The quantitative estimate of drug-likeness (QED) is 0.795. The van der Waals surface area contributed by atoms with E-state index >= 15 is 0 Å². The Bertz CT molecular complexity index is 633. The molecule has 3 rings (SSSR count). The lowest BCUT2D eigenvalue weighted by Gasteiger charge is -2.28. The molecule has 106 valence electrons. The Labute approximate surface area is 131 Å². The largest absolute Gasteiger partial charge is 0.367 e. The number of halogens is 1. The van der Waals surface area contributed by atoms with E-state index in [4.69, 9.17) is 8.85 Å². The van der Waals surface area contributed by atoms with E-state index in [2.05, 4.69) is 0 Å². The fourth-order valence-electron chi connectivity index (χ4n) is 2.49. The van der Waals surface area contributed by atoms with Gasteiger partial charge in [-0.2, -0.15) is 0 Å². The average molecular weight is 293 g/mol. The van der Waals surface area contributed by atoms with E-state index in [-0.39, 0.29) is 18.5 Å². The number of ether oxygens (including phenoxy) is 1. The molecule has 20 heavy (non-hydrogen) atoms. The Morgan fingerprint density at radius 3 is 2.65 bits per heavy atom. The maximum Gasteiger partial charge on any atom is 0.108 e. The molecule has 0 bridgehead atoms. The van der Waals surface area contributed by atoms with Crippen LogP contribution in [0.2, 0.25) is 0 Å². The van der Waals surface area contributed by atoms with Gasteiger partial charge in [0.25, 0.3) is 0 Å². The first-order chi connectivity index (χ1) is 10.6. The molecule has 1 aliphatic rings. The summed E-state index contributed by atoms with van der Waals surface area (Å²) in [5.74, 6) is 0. The van der Waals surface area contributed by atoms with E-state index in [0.717, 1.165) is 16.7 Å². The lowest BCUT2D eigenvalue weighted by molar-refractivity contribution is 0.0554. The minimum absolute atomic E-state index is 0. The Morgan fingerprint density at radius 1 is 1.10 bits per heavy atom. The molecular weight excluding hydrogens is 270 g/mol. The molecule has 0 aliphatic carbocycles. The van der Waals surface area contributed by atoms with Crippen molar-refractivity contribution in [1.82, 2.24) is 4.90 Å². The third kappa shape index (κ3) is 3.21. The summed E-state index contributed by atoms with van der Waals surface area (Å²) >= 11 is 0. The molecule has 0 amide bonds. The molecular formula is C17H20ClNO. The standard InChI is InChI=1S/C17H19NO.ClH/c1-18-11-12-19-17(14-7-3-2-4-8-14)16-10-6-5-9-15(16)13-18;/h2-10,17H,11-13H2,1H3;1H/i1D3;. The summed E-state index contributed by atoms with van der Waals surface area (Å²) < 4.78 is 29.0. The van der Waals surface area contributed by atoms with E-state index < -0.39 is 6.98 Å². The molecule has 0 aromatic heterocycles. The van der Waals surface area contributed by atoms with Crippen LogP contribution in [-0.4, -0.2) is 25.0 Å². The Morgan fingerprint density at radius 2 is 1.85 bits per heavy atom. The van der Waals surface area contributed by atoms with Crippen molar-refractivity contribution in [3.05, 3.63) is 71.3 Å². The third-order valence-corrected chi connectivity index (χ3v) is 3.45. The van der Waals surface area contributed by atoms with Gasteiger partial charge < -0.3 is 4.74 Å². The summed E-state index contributed by atoms with van der Waals surface area (Å²) in [4.78, 5) is 1.49. The second kappa shape index (κ2) is 6.89. The van der Waals surface area contributed by atoms with Crippen molar-refractivity contribution in [2.24, 2.45) is 0 Å². The van der Waals surface area contributed by atoms with E-state index in [1.165, 1.54) is 4.90 Å². The van der Waals surface area contributed by atoms with Crippen molar-refractivity contribution in [1.29, 1.82) is 0 Å². The van der Waals surface area contributed by atoms with Crippen LogP contribution in [0.1, 0.15) is 26.9 Å². The number of hydrogen-bond donors (Lipinski definition) is 0. The summed E-state index contributed by atoms with van der Waals surface area (Å²) in [6.45, 7) is -0.893. The summed E-state index contributed by atoms with van der Waals surface area (Å²) in [5, 5.41) is 0. The molecule has 0 fully saturated rings. The van der Waals surface area contributed by atoms with Gasteiger partial charge in [-0.25, -0.2) is 0 Å². The second-order valence-electron chi connectivity index (χ2n) is 4.78. The van der Waals surface area contributed by atoms with Gasteiger partial charge in [0.1, 0.15) is 6.10 Å². The molecule has 0 spiro atoms. The summed E-state index contributed by atoms with van der Waals surface area (Å²) in [6, 6.07) is 18.0. The molecule has 2 aromatic rings. The minimum atomic E-state index is -2.10. The average Bonchev–Trinajstić information content (AvgIpc) is 2.48. The van der Waals surface area contributed by atoms with Crippen molar-refractivity contribution in [2.75, 3.05) is 20.1 Å². The highest BCUT2D eigenvalue weighted by Gasteiger charge is 2.20. The van der Waals surface area contributed by atoms with Gasteiger partial charge in [-0.1, -0.05) is 54.6 Å². The van der Waals surface area contributed by atoms with Crippen LogP contribution in [0.15, 0.2) is 54.6 Å². The molecule has 0 N–H and O–H groups in total. The fraction of sp³-hybridized carbons (Fsp3) is 0.294. The SMILES string of the molecule is Cl.[2H]C([2H])([2H])N1CCOC(c2ccccc2)c2ccccc2C1. The van der Waals surface area contributed by atoms with Crippen LogP contribution < -0.4 is 0 Å². The molecule has 0 saturated heterocycles. The first-order valence-corrected chi connectivity index (χ1v) is 6.55. The van der Waals surface area contributed by atoms with E-state index in [1.54, 1.807) is 0 Å². The lowest BCUT2D eigenvalue weighted by Crippen LogP contribution is -2.27. The van der Waals surface area contributed by atoms with Gasteiger partial charge in [0.15, 0.2) is 0 Å². The smallest absolute Gasteiger partial charge is 0.108 e. The van der Waals surface area contributed by atoms with Crippen LogP contribution in [-0.2, 0) is 11.3 Å². The maximum atomic E-state index is 7.65. The van der Waals surface area contributed by atoms with Gasteiger partial charge in [0, 0.05) is 17.2 Å². The van der Waals surface area contributed by atoms with Crippen LogP contribution in [0.25, 0.3) is 0 Å². The van der Waals surface area contributed by atoms with Gasteiger partial charge in [-0.05, 0) is 23.7 Å². The number of rotatable bonds is 1. The Kier molecular flexibility index (Phi) is 3.90. The van der Waals surface area contributed by atoms with Crippen molar-refractivity contribution >= 4 is 12.4 Å². The molecule has 0 saturated carbocycles. The number of nitrogens with zero attached hydrogens (tertiary/aromatic N) is 1. The van der Waals surface area contributed by atoms with Gasteiger partial charge in [-0.15, -0.1) is 12.4 Å². The van der Waals surface area contributed by atoms with Crippen molar-refractivity contribution in [3.8, 4) is 0 Å². The predicted molar refractivity (Wildman–Crippen MR) is 84.3 cm³/mol. The second-order valence-corrected chi connectivity index (χ2v) is 4.78. The van der Waals surface area contributed by atoms with Crippen molar-refractivity contribution in [3.63, 3.8) is 0 Å². The van der Waals surface area contributed by atoms with Gasteiger partial charge in [0.2, 0.25) is 0 Å². The van der Waals surface area contributed by atoms with E-state index in [9.17, 15) is 0 Å². The summed E-state index contributed by atoms with van der Waals surface area (Å²) in [7, 11) is 0. The zero-order valence-corrected chi connectivity index (χ0v) is 12.0. The molecule has 2 aromatic carbocycles.